The number of fused-ring (bicyclic) bond motifs is 3. The Labute approximate surface area is 169 Å². The molecule has 7 heteroatoms. The molecule has 3 heterocycles. The molecule has 150 valence electrons. The third-order valence-corrected chi connectivity index (χ3v) is 7.60. The van der Waals surface area contributed by atoms with Crippen LogP contribution < -0.4 is 9.47 Å². The van der Waals surface area contributed by atoms with E-state index in [9.17, 15) is 13.2 Å². The number of Topliss-reactive ketones (excluding diaryl/α,β-unsaturated/α-hetero) is 1. The summed E-state index contributed by atoms with van der Waals surface area (Å²) in [5.41, 5.74) is 3.32. The van der Waals surface area contributed by atoms with Crippen LogP contribution in [0.1, 0.15) is 33.5 Å². The number of hydrogen-bond donors (Lipinski definition) is 0. The lowest BCUT2D eigenvalue weighted by molar-refractivity contribution is 0.0634. The molecular formula is C22H21NO5S. The van der Waals surface area contributed by atoms with E-state index in [1.165, 1.54) is 0 Å². The highest BCUT2D eigenvalue weighted by Crippen LogP contribution is 2.42. The molecule has 3 aliphatic heterocycles. The summed E-state index contributed by atoms with van der Waals surface area (Å²) < 4.78 is 35.6. The molecule has 3 aliphatic rings. The standard InChI is InChI=1S/C22H21NO5S/c1-14-4-2-3-5-15(14)10-20-21(24)17-6-7-19-18(22(17)28-20)11-23(13-27-19)16-8-9-29(25,26)12-16/h2-7,10,16H,8-9,11-13H2,1H3/t16-/m0/s1. The molecule has 2 aromatic rings. The Bertz CT molecular complexity index is 1150. The second kappa shape index (κ2) is 6.71. The summed E-state index contributed by atoms with van der Waals surface area (Å²) in [6.45, 7) is 2.83. The van der Waals surface area contributed by atoms with Gasteiger partial charge in [-0.05, 0) is 42.7 Å². The molecule has 1 saturated heterocycles. The molecule has 0 bridgehead atoms. The molecule has 0 aliphatic carbocycles. The van der Waals surface area contributed by atoms with Crippen molar-refractivity contribution < 1.29 is 22.7 Å². The zero-order valence-electron chi connectivity index (χ0n) is 16.1. The van der Waals surface area contributed by atoms with Crippen molar-refractivity contribution in [2.45, 2.75) is 25.9 Å². The van der Waals surface area contributed by atoms with Crippen molar-refractivity contribution in [3.05, 3.63) is 64.4 Å². The highest BCUT2D eigenvalue weighted by molar-refractivity contribution is 7.91. The molecule has 29 heavy (non-hydrogen) atoms. The number of ether oxygens (including phenoxy) is 2. The quantitative estimate of drug-likeness (QED) is 0.708. The van der Waals surface area contributed by atoms with E-state index in [0.29, 0.717) is 42.5 Å². The fraction of sp³-hybridized carbons (Fsp3) is 0.318. The zero-order chi connectivity index (χ0) is 20.2. The Kier molecular flexibility index (Phi) is 4.26. The van der Waals surface area contributed by atoms with Gasteiger partial charge in [0.15, 0.2) is 15.6 Å². The number of rotatable bonds is 2. The summed E-state index contributed by atoms with van der Waals surface area (Å²) in [5.74, 6) is 1.73. The highest BCUT2D eigenvalue weighted by atomic mass is 32.2. The Balaban J connectivity index is 1.47. The first kappa shape index (κ1) is 18.4. The number of ketones is 1. The molecule has 0 saturated carbocycles. The first-order chi connectivity index (χ1) is 13.9. The van der Waals surface area contributed by atoms with Gasteiger partial charge in [-0.1, -0.05) is 24.3 Å². The van der Waals surface area contributed by atoms with Gasteiger partial charge in [0, 0.05) is 12.6 Å². The van der Waals surface area contributed by atoms with Gasteiger partial charge < -0.3 is 9.47 Å². The van der Waals surface area contributed by atoms with E-state index < -0.39 is 9.84 Å². The van der Waals surface area contributed by atoms with E-state index in [0.717, 1.165) is 16.7 Å². The zero-order valence-corrected chi connectivity index (χ0v) is 16.9. The third-order valence-electron chi connectivity index (χ3n) is 5.84. The number of carbonyl (C=O) groups excluding carboxylic acids is 1. The van der Waals surface area contributed by atoms with Crippen molar-refractivity contribution >= 4 is 21.7 Å². The Morgan fingerprint density at radius 3 is 2.76 bits per heavy atom. The lowest BCUT2D eigenvalue weighted by atomic mass is 10.0. The van der Waals surface area contributed by atoms with Crippen LogP contribution in [0.3, 0.4) is 0 Å². The Morgan fingerprint density at radius 1 is 1.17 bits per heavy atom. The highest BCUT2D eigenvalue weighted by Gasteiger charge is 2.38. The van der Waals surface area contributed by atoms with Crippen LogP contribution >= 0.6 is 0 Å². The normalized spacial score (nSPS) is 24.1. The molecule has 2 aromatic carbocycles. The van der Waals surface area contributed by atoms with E-state index >= 15 is 0 Å². The summed E-state index contributed by atoms with van der Waals surface area (Å²) >= 11 is 0. The number of sulfone groups is 1. The van der Waals surface area contributed by atoms with Crippen LogP contribution in [0.25, 0.3) is 6.08 Å². The van der Waals surface area contributed by atoms with Gasteiger partial charge in [0.05, 0.1) is 22.6 Å². The second-order valence-corrected chi connectivity index (χ2v) is 10.0. The predicted octanol–water partition coefficient (Wildman–Crippen LogP) is 2.95. The van der Waals surface area contributed by atoms with Gasteiger partial charge in [0.25, 0.3) is 0 Å². The fourth-order valence-corrected chi connectivity index (χ4v) is 5.92. The van der Waals surface area contributed by atoms with Gasteiger partial charge in [-0.15, -0.1) is 0 Å². The van der Waals surface area contributed by atoms with Crippen molar-refractivity contribution in [1.29, 1.82) is 0 Å². The van der Waals surface area contributed by atoms with Crippen LogP contribution in [0.2, 0.25) is 0 Å². The van der Waals surface area contributed by atoms with Gasteiger partial charge in [0.2, 0.25) is 5.78 Å². The van der Waals surface area contributed by atoms with Gasteiger partial charge in [-0.3, -0.25) is 9.69 Å². The molecule has 1 atom stereocenters. The van der Waals surface area contributed by atoms with Crippen molar-refractivity contribution in [3.8, 4) is 11.5 Å². The maximum absolute atomic E-state index is 12.9. The van der Waals surface area contributed by atoms with Crippen LogP contribution in [0.5, 0.6) is 11.5 Å². The largest absolute Gasteiger partial charge is 0.478 e. The first-order valence-electron chi connectivity index (χ1n) is 9.64. The number of allylic oxidation sites excluding steroid dienone is 1. The molecule has 0 aromatic heterocycles. The van der Waals surface area contributed by atoms with Crippen molar-refractivity contribution in [2.24, 2.45) is 0 Å². The van der Waals surface area contributed by atoms with Crippen molar-refractivity contribution in [1.82, 2.24) is 4.90 Å². The molecule has 5 rings (SSSR count). The summed E-state index contributed by atoms with van der Waals surface area (Å²) in [6.07, 6.45) is 2.38. The molecule has 0 spiro atoms. The van der Waals surface area contributed by atoms with Crippen LogP contribution in [-0.2, 0) is 16.4 Å². The van der Waals surface area contributed by atoms with Crippen LogP contribution in [0.4, 0.5) is 0 Å². The minimum Gasteiger partial charge on any atom is -0.478 e. The topological polar surface area (TPSA) is 72.9 Å². The van der Waals surface area contributed by atoms with E-state index in [1.54, 1.807) is 18.2 Å². The summed E-state index contributed by atoms with van der Waals surface area (Å²) in [5, 5.41) is 0. The molecule has 0 amide bonds. The number of nitrogens with zero attached hydrogens (tertiary/aromatic N) is 1. The second-order valence-electron chi connectivity index (χ2n) is 7.79. The number of hydrogen-bond acceptors (Lipinski definition) is 6. The summed E-state index contributed by atoms with van der Waals surface area (Å²) in [4.78, 5) is 14.9. The molecule has 0 N–H and O–H groups in total. The van der Waals surface area contributed by atoms with E-state index in [1.807, 2.05) is 36.1 Å². The minimum atomic E-state index is -2.98. The number of aryl methyl sites for hydroxylation is 1. The summed E-state index contributed by atoms with van der Waals surface area (Å²) in [6, 6.07) is 11.3. The maximum Gasteiger partial charge on any atom is 0.231 e. The van der Waals surface area contributed by atoms with E-state index in [2.05, 4.69) is 0 Å². The van der Waals surface area contributed by atoms with Crippen LogP contribution in [0, 0.1) is 6.92 Å². The average Bonchev–Trinajstić information content (AvgIpc) is 3.23. The monoisotopic (exact) mass is 411 g/mol. The van der Waals surface area contributed by atoms with Crippen LogP contribution in [0.15, 0.2) is 42.2 Å². The lowest BCUT2D eigenvalue weighted by Crippen LogP contribution is -2.41. The summed E-state index contributed by atoms with van der Waals surface area (Å²) in [7, 11) is -2.98. The van der Waals surface area contributed by atoms with Crippen molar-refractivity contribution in [2.75, 3.05) is 18.2 Å². The van der Waals surface area contributed by atoms with Crippen molar-refractivity contribution in [3.63, 3.8) is 0 Å². The molecule has 1 fully saturated rings. The number of carbonyl (C=O) groups is 1. The third kappa shape index (κ3) is 3.24. The first-order valence-corrected chi connectivity index (χ1v) is 11.5. The Morgan fingerprint density at radius 2 is 2.00 bits per heavy atom. The lowest BCUT2D eigenvalue weighted by Gasteiger charge is -2.33. The van der Waals surface area contributed by atoms with E-state index in [4.69, 9.17) is 9.47 Å². The minimum absolute atomic E-state index is 0.0666. The molecule has 0 unspecified atom stereocenters. The smallest absolute Gasteiger partial charge is 0.231 e. The Hall–Kier alpha value is -2.64. The van der Waals surface area contributed by atoms with Gasteiger partial charge in [-0.2, -0.15) is 0 Å². The van der Waals surface area contributed by atoms with Crippen LogP contribution in [-0.4, -0.2) is 43.4 Å². The fourth-order valence-electron chi connectivity index (χ4n) is 4.16. The number of benzene rings is 2. The van der Waals surface area contributed by atoms with Gasteiger partial charge >= 0.3 is 0 Å². The van der Waals surface area contributed by atoms with Gasteiger partial charge in [-0.25, -0.2) is 8.42 Å². The predicted molar refractivity (Wildman–Crippen MR) is 109 cm³/mol. The molecule has 0 radical (unpaired) electrons. The average molecular weight is 411 g/mol. The SMILES string of the molecule is Cc1ccccc1C=C1Oc2c(ccc3c2CN([C@H]2CCS(=O)(=O)C2)CO3)C1=O. The van der Waals surface area contributed by atoms with Gasteiger partial charge in [0.1, 0.15) is 18.2 Å². The van der Waals surface area contributed by atoms with E-state index in [-0.39, 0.29) is 23.3 Å². The maximum atomic E-state index is 12.9. The molecule has 6 nitrogen and oxygen atoms in total. The molecular weight excluding hydrogens is 390 g/mol.